The van der Waals surface area contributed by atoms with E-state index in [1.54, 1.807) is 27.5 Å². The molecule has 4 aromatic rings. The second kappa shape index (κ2) is 7.52. The van der Waals surface area contributed by atoms with Gasteiger partial charge in [0.15, 0.2) is 0 Å². The van der Waals surface area contributed by atoms with Crippen LogP contribution in [-0.4, -0.2) is 31.3 Å². The van der Waals surface area contributed by atoms with Crippen molar-refractivity contribution in [3.05, 3.63) is 60.8 Å². The Morgan fingerprint density at radius 1 is 0.857 bits per heavy atom. The summed E-state index contributed by atoms with van der Waals surface area (Å²) in [5.41, 5.74) is 3.74. The van der Waals surface area contributed by atoms with Crippen LogP contribution in [0.25, 0.3) is 22.2 Å². The van der Waals surface area contributed by atoms with Crippen molar-refractivity contribution >= 4 is 22.4 Å². The van der Waals surface area contributed by atoms with Gasteiger partial charge in [-0.15, -0.1) is 0 Å². The molecule has 0 radical (unpaired) electrons. The summed E-state index contributed by atoms with van der Waals surface area (Å²) in [6.45, 7) is 0. The number of pyridine rings is 1. The van der Waals surface area contributed by atoms with Crippen molar-refractivity contribution in [2.45, 2.75) is 0 Å². The molecule has 0 aliphatic rings. The fourth-order valence-corrected chi connectivity index (χ4v) is 3.20. The standard InChI is InChI=1S/C22H21N3O3/c1-26-14-8-9-18(21(12-14)28-3)25-22-16-13-19(24-17(16)10-11-23-22)15-6-4-5-7-20(15)27-2/h4-13,24H,1-3H3,(H,23,25). The maximum Gasteiger partial charge on any atom is 0.146 e. The Hall–Kier alpha value is -3.67. The molecule has 2 aromatic carbocycles. The summed E-state index contributed by atoms with van der Waals surface area (Å²) in [5.74, 6) is 2.96. The Balaban J connectivity index is 1.76. The molecule has 28 heavy (non-hydrogen) atoms. The highest BCUT2D eigenvalue weighted by atomic mass is 16.5. The number of fused-ring (bicyclic) bond motifs is 1. The third-order valence-corrected chi connectivity index (χ3v) is 4.61. The Labute approximate surface area is 163 Å². The van der Waals surface area contributed by atoms with E-state index in [1.165, 1.54) is 0 Å². The van der Waals surface area contributed by atoms with Crippen LogP contribution >= 0.6 is 0 Å². The summed E-state index contributed by atoms with van der Waals surface area (Å²) in [4.78, 5) is 7.97. The summed E-state index contributed by atoms with van der Waals surface area (Å²) < 4.78 is 16.2. The number of H-pyrrole nitrogens is 1. The van der Waals surface area contributed by atoms with E-state index in [2.05, 4.69) is 21.4 Å². The number of rotatable bonds is 6. The second-order valence-corrected chi connectivity index (χ2v) is 6.20. The Morgan fingerprint density at radius 2 is 1.68 bits per heavy atom. The maximum atomic E-state index is 5.49. The van der Waals surface area contributed by atoms with E-state index in [9.17, 15) is 0 Å². The first-order chi connectivity index (χ1) is 13.7. The van der Waals surface area contributed by atoms with Gasteiger partial charge >= 0.3 is 0 Å². The highest BCUT2D eigenvalue weighted by Gasteiger charge is 2.13. The van der Waals surface area contributed by atoms with Crippen molar-refractivity contribution in [1.29, 1.82) is 0 Å². The van der Waals surface area contributed by atoms with Crippen LogP contribution in [0.1, 0.15) is 0 Å². The van der Waals surface area contributed by atoms with Gasteiger partial charge in [-0.2, -0.15) is 0 Å². The highest BCUT2D eigenvalue weighted by molar-refractivity contribution is 5.96. The fraction of sp³-hybridized carbons (Fsp3) is 0.136. The number of aromatic nitrogens is 2. The zero-order chi connectivity index (χ0) is 19.5. The third-order valence-electron chi connectivity index (χ3n) is 4.61. The summed E-state index contributed by atoms with van der Waals surface area (Å²) in [6, 6.07) is 17.5. The van der Waals surface area contributed by atoms with Gasteiger partial charge in [-0.25, -0.2) is 4.98 Å². The lowest BCUT2D eigenvalue weighted by atomic mass is 10.1. The van der Waals surface area contributed by atoms with E-state index in [1.807, 2.05) is 48.5 Å². The maximum absolute atomic E-state index is 5.49. The zero-order valence-corrected chi connectivity index (χ0v) is 15.9. The monoisotopic (exact) mass is 375 g/mol. The Kier molecular flexibility index (Phi) is 4.76. The van der Waals surface area contributed by atoms with Crippen LogP contribution in [0.15, 0.2) is 60.8 Å². The first kappa shape index (κ1) is 17.7. The number of ether oxygens (including phenoxy) is 3. The van der Waals surface area contributed by atoms with Gasteiger partial charge in [-0.3, -0.25) is 0 Å². The van der Waals surface area contributed by atoms with Gasteiger partial charge in [0.2, 0.25) is 0 Å². The molecule has 2 aromatic heterocycles. The number of benzene rings is 2. The minimum atomic E-state index is 0.679. The summed E-state index contributed by atoms with van der Waals surface area (Å²) in [6.07, 6.45) is 1.77. The molecular formula is C22H21N3O3. The van der Waals surface area contributed by atoms with Crippen molar-refractivity contribution in [2.75, 3.05) is 26.6 Å². The third kappa shape index (κ3) is 3.20. The van der Waals surface area contributed by atoms with Gasteiger partial charge < -0.3 is 24.5 Å². The summed E-state index contributed by atoms with van der Waals surface area (Å²) >= 11 is 0. The Morgan fingerprint density at radius 3 is 2.46 bits per heavy atom. The average Bonchev–Trinajstić information content (AvgIpc) is 3.19. The van der Waals surface area contributed by atoms with E-state index in [0.29, 0.717) is 5.75 Å². The van der Waals surface area contributed by atoms with Crippen LogP contribution in [-0.2, 0) is 0 Å². The molecule has 2 heterocycles. The molecule has 0 fully saturated rings. The van der Waals surface area contributed by atoms with Crippen LogP contribution < -0.4 is 19.5 Å². The highest BCUT2D eigenvalue weighted by Crippen LogP contribution is 2.36. The van der Waals surface area contributed by atoms with E-state index in [4.69, 9.17) is 14.2 Å². The van der Waals surface area contributed by atoms with E-state index in [0.717, 1.165) is 45.2 Å². The number of nitrogens with one attached hydrogen (secondary N) is 2. The van der Waals surface area contributed by atoms with Gasteiger partial charge in [0, 0.05) is 23.2 Å². The molecule has 0 spiro atoms. The quantitative estimate of drug-likeness (QED) is 0.496. The van der Waals surface area contributed by atoms with E-state index >= 15 is 0 Å². The van der Waals surface area contributed by atoms with Crippen molar-refractivity contribution in [3.8, 4) is 28.5 Å². The lowest BCUT2D eigenvalue weighted by Gasteiger charge is -2.12. The van der Waals surface area contributed by atoms with Gasteiger partial charge in [0.05, 0.1) is 38.2 Å². The first-order valence-corrected chi connectivity index (χ1v) is 8.83. The average molecular weight is 375 g/mol. The smallest absolute Gasteiger partial charge is 0.146 e. The lowest BCUT2D eigenvalue weighted by Crippen LogP contribution is -1.97. The molecule has 0 atom stereocenters. The van der Waals surface area contributed by atoms with Crippen LogP contribution in [0.2, 0.25) is 0 Å². The molecular weight excluding hydrogens is 354 g/mol. The molecule has 0 aliphatic heterocycles. The SMILES string of the molecule is COc1ccc(Nc2nccc3[nH]c(-c4ccccc4OC)cc23)c(OC)c1. The molecule has 0 saturated heterocycles. The van der Waals surface area contributed by atoms with Crippen LogP contribution in [0.4, 0.5) is 11.5 Å². The minimum absolute atomic E-state index is 0.679. The van der Waals surface area contributed by atoms with Crippen LogP contribution in [0.3, 0.4) is 0 Å². The van der Waals surface area contributed by atoms with Gasteiger partial charge in [0.25, 0.3) is 0 Å². The molecule has 6 heteroatoms. The minimum Gasteiger partial charge on any atom is -0.497 e. The lowest BCUT2D eigenvalue weighted by molar-refractivity contribution is 0.395. The Bertz CT molecular complexity index is 1120. The summed E-state index contributed by atoms with van der Waals surface area (Å²) in [7, 11) is 4.93. The predicted octanol–water partition coefficient (Wildman–Crippen LogP) is 5.00. The normalized spacial score (nSPS) is 10.7. The number of hydrogen-bond donors (Lipinski definition) is 2. The molecule has 2 N–H and O–H groups in total. The van der Waals surface area contributed by atoms with Gasteiger partial charge in [0.1, 0.15) is 23.1 Å². The fourth-order valence-electron chi connectivity index (χ4n) is 3.20. The molecule has 142 valence electrons. The predicted molar refractivity (Wildman–Crippen MR) is 111 cm³/mol. The molecule has 0 aliphatic carbocycles. The van der Waals surface area contributed by atoms with Crippen molar-refractivity contribution in [2.24, 2.45) is 0 Å². The first-order valence-electron chi connectivity index (χ1n) is 8.83. The van der Waals surface area contributed by atoms with Crippen molar-refractivity contribution in [3.63, 3.8) is 0 Å². The molecule has 0 saturated carbocycles. The van der Waals surface area contributed by atoms with Gasteiger partial charge in [-0.05, 0) is 36.4 Å². The summed E-state index contributed by atoms with van der Waals surface area (Å²) in [5, 5.41) is 4.34. The van der Waals surface area contributed by atoms with Crippen LogP contribution in [0.5, 0.6) is 17.2 Å². The molecule has 6 nitrogen and oxygen atoms in total. The van der Waals surface area contributed by atoms with Crippen molar-refractivity contribution < 1.29 is 14.2 Å². The van der Waals surface area contributed by atoms with E-state index in [-0.39, 0.29) is 0 Å². The van der Waals surface area contributed by atoms with Crippen LogP contribution in [0, 0.1) is 0 Å². The number of para-hydroxylation sites is 1. The number of nitrogens with zero attached hydrogens (tertiary/aromatic N) is 1. The van der Waals surface area contributed by atoms with E-state index < -0.39 is 0 Å². The number of aromatic amines is 1. The molecule has 0 amide bonds. The number of hydrogen-bond acceptors (Lipinski definition) is 5. The zero-order valence-electron chi connectivity index (χ0n) is 15.9. The molecule has 4 rings (SSSR count). The number of anilines is 2. The largest absolute Gasteiger partial charge is 0.497 e. The van der Waals surface area contributed by atoms with Gasteiger partial charge in [-0.1, -0.05) is 12.1 Å². The van der Waals surface area contributed by atoms with Crippen molar-refractivity contribution in [1.82, 2.24) is 9.97 Å². The molecule has 0 unspecified atom stereocenters. The topological polar surface area (TPSA) is 68.4 Å². The second-order valence-electron chi connectivity index (χ2n) is 6.20. The number of methoxy groups -OCH3 is 3. The molecule has 0 bridgehead atoms.